The SMILES string of the molecule is CCOC(=O)c1ccc2cc(C(=O)OCC)ccc2c1. The number of esters is 2. The molecule has 104 valence electrons. The highest BCUT2D eigenvalue weighted by molar-refractivity contribution is 5.98. The van der Waals surface area contributed by atoms with Gasteiger partial charge < -0.3 is 9.47 Å². The second-order valence-electron chi connectivity index (χ2n) is 4.22. The van der Waals surface area contributed by atoms with Gasteiger partial charge in [0.25, 0.3) is 0 Å². The maximum absolute atomic E-state index is 11.7. The molecule has 20 heavy (non-hydrogen) atoms. The largest absolute Gasteiger partial charge is 0.462 e. The quantitative estimate of drug-likeness (QED) is 0.802. The molecule has 0 aliphatic heterocycles. The van der Waals surface area contributed by atoms with Crippen molar-refractivity contribution in [2.75, 3.05) is 13.2 Å². The molecule has 0 radical (unpaired) electrons. The summed E-state index contributed by atoms with van der Waals surface area (Å²) in [5.74, 6) is -0.687. The molecule has 0 bridgehead atoms. The number of carbonyl (C=O) groups excluding carboxylic acids is 2. The minimum Gasteiger partial charge on any atom is -0.462 e. The number of rotatable bonds is 4. The molecule has 0 unspecified atom stereocenters. The summed E-state index contributed by atoms with van der Waals surface area (Å²) in [6.45, 7) is 4.23. The van der Waals surface area contributed by atoms with Gasteiger partial charge in [0.2, 0.25) is 0 Å². The van der Waals surface area contributed by atoms with E-state index in [1.165, 1.54) is 0 Å². The molecule has 2 rings (SSSR count). The van der Waals surface area contributed by atoms with Gasteiger partial charge in [-0.25, -0.2) is 9.59 Å². The van der Waals surface area contributed by atoms with Crippen molar-refractivity contribution in [2.24, 2.45) is 0 Å². The van der Waals surface area contributed by atoms with E-state index >= 15 is 0 Å². The van der Waals surface area contributed by atoms with Crippen molar-refractivity contribution in [1.82, 2.24) is 0 Å². The molecule has 4 heteroatoms. The topological polar surface area (TPSA) is 52.6 Å². The summed E-state index contributed by atoms with van der Waals surface area (Å²) in [5, 5.41) is 1.76. The lowest BCUT2D eigenvalue weighted by Gasteiger charge is -2.06. The van der Waals surface area contributed by atoms with Crippen LogP contribution in [0.3, 0.4) is 0 Å². The number of carbonyl (C=O) groups is 2. The standard InChI is InChI=1S/C16H16O4/c1-3-19-15(17)13-7-5-12-10-14(16(18)20-4-2)8-6-11(12)9-13/h5-10H,3-4H2,1-2H3. The van der Waals surface area contributed by atoms with Crippen molar-refractivity contribution >= 4 is 22.7 Å². The first-order chi connectivity index (χ1) is 9.65. The zero-order valence-corrected chi connectivity index (χ0v) is 11.5. The van der Waals surface area contributed by atoms with E-state index in [1.807, 2.05) is 0 Å². The predicted molar refractivity (Wildman–Crippen MR) is 75.9 cm³/mol. The van der Waals surface area contributed by atoms with Crippen molar-refractivity contribution in [2.45, 2.75) is 13.8 Å². The van der Waals surface area contributed by atoms with Crippen LogP contribution in [-0.4, -0.2) is 25.2 Å². The Morgan fingerprint density at radius 3 is 1.55 bits per heavy atom. The van der Waals surface area contributed by atoms with Crippen molar-refractivity contribution < 1.29 is 19.1 Å². The lowest BCUT2D eigenvalue weighted by atomic mass is 10.0. The Bertz CT molecular complexity index is 589. The third-order valence-electron chi connectivity index (χ3n) is 2.86. The maximum Gasteiger partial charge on any atom is 0.338 e. The average molecular weight is 272 g/mol. The summed E-state index contributed by atoms with van der Waals surface area (Å²) < 4.78 is 9.92. The van der Waals surface area contributed by atoms with Crippen LogP contribution in [0.1, 0.15) is 34.6 Å². The molecule has 0 fully saturated rings. The van der Waals surface area contributed by atoms with Crippen LogP contribution in [-0.2, 0) is 9.47 Å². The Kier molecular flexibility index (Phi) is 4.35. The van der Waals surface area contributed by atoms with Crippen LogP contribution < -0.4 is 0 Å². The highest BCUT2D eigenvalue weighted by Crippen LogP contribution is 2.19. The van der Waals surface area contributed by atoms with Crippen LogP contribution in [0.2, 0.25) is 0 Å². The molecule has 4 nitrogen and oxygen atoms in total. The van der Waals surface area contributed by atoms with Crippen LogP contribution >= 0.6 is 0 Å². The van der Waals surface area contributed by atoms with Crippen molar-refractivity contribution in [3.05, 3.63) is 47.5 Å². The van der Waals surface area contributed by atoms with Gasteiger partial charge >= 0.3 is 11.9 Å². The van der Waals surface area contributed by atoms with Gasteiger partial charge in [-0.1, -0.05) is 12.1 Å². The Morgan fingerprint density at radius 2 is 1.20 bits per heavy atom. The van der Waals surface area contributed by atoms with E-state index in [1.54, 1.807) is 50.2 Å². The molecule has 2 aromatic rings. The molecule has 0 N–H and O–H groups in total. The molecule has 0 heterocycles. The van der Waals surface area contributed by atoms with Gasteiger partial charge in [0.05, 0.1) is 24.3 Å². The van der Waals surface area contributed by atoms with E-state index in [4.69, 9.17) is 9.47 Å². The van der Waals surface area contributed by atoms with Crippen LogP contribution in [0.4, 0.5) is 0 Å². The Labute approximate surface area is 117 Å². The van der Waals surface area contributed by atoms with Gasteiger partial charge in [-0.2, -0.15) is 0 Å². The van der Waals surface area contributed by atoms with E-state index in [-0.39, 0.29) is 11.9 Å². The summed E-state index contributed by atoms with van der Waals surface area (Å²) >= 11 is 0. The van der Waals surface area contributed by atoms with E-state index < -0.39 is 0 Å². The minimum absolute atomic E-state index is 0.344. The number of ether oxygens (including phenoxy) is 2. The Morgan fingerprint density at radius 1 is 0.800 bits per heavy atom. The first kappa shape index (κ1) is 14.1. The van der Waals surface area contributed by atoms with Crippen molar-refractivity contribution in [1.29, 1.82) is 0 Å². The molecular formula is C16H16O4. The fourth-order valence-electron chi connectivity index (χ4n) is 1.93. The monoisotopic (exact) mass is 272 g/mol. The molecule has 0 aliphatic carbocycles. The number of hydrogen-bond acceptors (Lipinski definition) is 4. The molecule has 0 saturated carbocycles. The summed E-state index contributed by atoms with van der Waals surface area (Å²) in [6.07, 6.45) is 0. The fourth-order valence-corrected chi connectivity index (χ4v) is 1.93. The van der Waals surface area contributed by atoms with Crippen LogP contribution in [0.5, 0.6) is 0 Å². The van der Waals surface area contributed by atoms with Gasteiger partial charge in [0.15, 0.2) is 0 Å². The second kappa shape index (κ2) is 6.19. The van der Waals surface area contributed by atoms with Crippen LogP contribution in [0, 0.1) is 0 Å². The number of benzene rings is 2. The zero-order chi connectivity index (χ0) is 14.5. The molecular weight excluding hydrogens is 256 g/mol. The van der Waals surface area contributed by atoms with E-state index in [2.05, 4.69) is 0 Å². The zero-order valence-electron chi connectivity index (χ0n) is 11.5. The average Bonchev–Trinajstić information content (AvgIpc) is 2.46. The highest BCUT2D eigenvalue weighted by atomic mass is 16.5. The predicted octanol–water partition coefficient (Wildman–Crippen LogP) is 3.19. The smallest absolute Gasteiger partial charge is 0.338 e. The number of hydrogen-bond donors (Lipinski definition) is 0. The van der Waals surface area contributed by atoms with Crippen LogP contribution in [0.25, 0.3) is 10.8 Å². The number of fused-ring (bicyclic) bond motifs is 1. The van der Waals surface area contributed by atoms with Crippen molar-refractivity contribution in [3.8, 4) is 0 Å². The van der Waals surface area contributed by atoms with Gasteiger partial charge in [0.1, 0.15) is 0 Å². The first-order valence-corrected chi connectivity index (χ1v) is 6.53. The lowest BCUT2D eigenvalue weighted by Crippen LogP contribution is -2.05. The Hall–Kier alpha value is -2.36. The normalized spacial score (nSPS) is 10.3. The van der Waals surface area contributed by atoms with Crippen molar-refractivity contribution in [3.63, 3.8) is 0 Å². The lowest BCUT2D eigenvalue weighted by molar-refractivity contribution is 0.0516. The van der Waals surface area contributed by atoms with E-state index in [0.717, 1.165) is 10.8 Å². The minimum atomic E-state index is -0.344. The van der Waals surface area contributed by atoms with Crippen LogP contribution in [0.15, 0.2) is 36.4 Å². The third-order valence-corrected chi connectivity index (χ3v) is 2.86. The van der Waals surface area contributed by atoms with E-state index in [9.17, 15) is 9.59 Å². The molecule has 0 atom stereocenters. The van der Waals surface area contributed by atoms with E-state index in [0.29, 0.717) is 24.3 Å². The second-order valence-corrected chi connectivity index (χ2v) is 4.22. The fraction of sp³-hybridized carbons (Fsp3) is 0.250. The van der Waals surface area contributed by atoms with Gasteiger partial charge in [-0.3, -0.25) is 0 Å². The Balaban J connectivity index is 2.34. The third kappa shape index (κ3) is 2.96. The maximum atomic E-state index is 11.7. The molecule has 0 spiro atoms. The highest BCUT2D eigenvalue weighted by Gasteiger charge is 2.10. The summed E-state index contributed by atoms with van der Waals surface area (Å²) in [4.78, 5) is 23.3. The molecule has 0 aromatic heterocycles. The van der Waals surface area contributed by atoms with Gasteiger partial charge in [0, 0.05) is 0 Å². The molecule has 0 aliphatic rings. The molecule has 0 saturated heterocycles. The molecule has 2 aromatic carbocycles. The molecule has 0 amide bonds. The summed E-state index contributed by atoms with van der Waals surface area (Å²) in [7, 11) is 0. The van der Waals surface area contributed by atoms with Gasteiger partial charge in [-0.05, 0) is 48.9 Å². The summed E-state index contributed by atoms with van der Waals surface area (Å²) in [5.41, 5.74) is 1.01. The first-order valence-electron chi connectivity index (χ1n) is 6.53. The van der Waals surface area contributed by atoms with Gasteiger partial charge in [-0.15, -0.1) is 0 Å². The summed E-state index contributed by atoms with van der Waals surface area (Å²) in [6, 6.07) is 10.5.